The van der Waals surface area contributed by atoms with Crippen LogP contribution in [0, 0.1) is 0 Å². The predicted octanol–water partition coefficient (Wildman–Crippen LogP) is 5.73. The summed E-state index contributed by atoms with van der Waals surface area (Å²) in [6, 6.07) is 18.4. The molecule has 184 valence electrons. The average Bonchev–Trinajstić information content (AvgIpc) is 3.19. The Labute approximate surface area is 210 Å². The molecule has 0 atom stereocenters. The number of thiazole rings is 1. The van der Waals surface area contributed by atoms with E-state index in [1.165, 1.54) is 23.5 Å². The fraction of sp³-hybridized carbons (Fsp3) is 0.333. The average molecular weight is 510 g/mol. The number of carbonyl (C=O) groups excluding carboxylic acids is 1. The summed E-state index contributed by atoms with van der Waals surface area (Å²) in [7, 11) is -1.69. The van der Waals surface area contributed by atoms with Gasteiger partial charge in [-0.1, -0.05) is 68.4 Å². The Morgan fingerprint density at radius 1 is 0.943 bits per heavy atom. The van der Waals surface area contributed by atoms with Crippen LogP contribution in [-0.2, 0) is 17.1 Å². The first kappa shape index (κ1) is 25.3. The van der Waals surface area contributed by atoms with Crippen LogP contribution in [0.25, 0.3) is 21.0 Å². The highest BCUT2D eigenvalue weighted by Gasteiger charge is 2.23. The smallest absolute Gasteiger partial charge is 0.279 e. The topological polar surface area (TPSA) is 71.7 Å². The lowest BCUT2D eigenvalue weighted by Crippen LogP contribution is -2.33. The van der Waals surface area contributed by atoms with Crippen molar-refractivity contribution in [3.63, 3.8) is 0 Å². The molecule has 0 N–H and O–H groups in total. The fourth-order valence-electron chi connectivity index (χ4n) is 4.11. The molecule has 3 aromatic carbocycles. The minimum absolute atomic E-state index is 0.208. The van der Waals surface area contributed by atoms with Crippen LogP contribution in [0.5, 0.6) is 0 Å². The Balaban J connectivity index is 1.63. The van der Waals surface area contributed by atoms with Crippen molar-refractivity contribution in [1.82, 2.24) is 8.87 Å². The molecule has 0 radical (unpaired) electrons. The van der Waals surface area contributed by atoms with E-state index in [0.717, 1.165) is 46.7 Å². The maximum absolute atomic E-state index is 13.2. The first-order valence-corrected chi connectivity index (χ1v) is 14.3. The zero-order valence-electron chi connectivity index (χ0n) is 20.4. The van der Waals surface area contributed by atoms with E-state index in [9.17, 15) is 13.2 Å². The summed E-state index contributed by atoms with van der Waals surface area (Å²) >= 11 is 1.46. The number of hydrogen-bond acceptors (Lipinski definition) is 4. The molecule has 0 fully saturated rings. The van der Waals surface area contributed by atoms with E-state index in [4.69, 9.17) is 0 Å². The molecule has 0 bridgehead atoms. The molecule has 0 saturated carbocycles. The van der Waals surface area contributed by atoms with E-state index >= 15 is 0 Å². The lowest BCUT2D eigenvalue weighted by molar-refractivity contribution is 0.0998. The van der Waals surface area contributed by atoms with E-state index in [1.807, 2.05) is 43.7 Å². The highest BCUT2D eigenvalue weighted by Crippen LogP contribution is 2.26. The predicted molar refractivity (Wildman–Crippen MR) is 143 cm³/mol. The van der Waals surface area contributed by atoms with Crippen molar-refractivity contribution in [2.75, 3.05) is 13.1 Å². The van der Waals surface area contributed by atoms with E-state index in [1.54, 1.807) is 16.4 Å². The van der Waals surface area contributed by atoms with E-state index in [-0.39, 0.29) is 4.90 Å². The first-order valence-electron chi connectivity index (χ1n) is 12.0. The van der Waals surface area contributed by atoms with Gasteiger partial charge in [0.1, 0.15) is 0 Å². The molecule has 1 amide bonds. The molecule has 6 nitrogen and oxygen atoms in total. The molecule has 0 aliphatic carbocycles. The number of sulfonamides is 1. The van der Waals surface area contributed by atoms with Crippen LogP contribution in [0.3, 0.4) is 0 Å². The number of amides is 1. The molecule has 4 rings (SSSR count). The molecule has 1 aromatic heterocycles. The van der Waals surface area contributed by atoms with Crippen molar-refractivity contribution in [1.29, 1.82) is 0 Å². The van der Waals surface area contributed by atoms with Crippen LogP contribution in [0.2, 0.25) is 0 Å². The van der Waals surface area contributed by atoms with Gasteiger partial charge in [0.25, 0.3) is 5.91 Å². The molecular weight excluding hydrogens is 478 g/mol. The number of aromatic nitrogens is 1. The Kier molecular flexibility index (Phi) is 7.84. The maximum atomic E-state index is 13.2. The Morgan fingerprint density at radius 3 is 2.26 bits per heavy atom. The Hall–Kier alpha value is -2.81. The van der Waals surface area contributed by atoms with Gasteiger partial charge in [-0.2, -0.15) is 9.30 Å². The van der Waals surface area contributed by atoms with Crippen molar-refractivity contribution >= 4 is 48.3 Å². The second-order valence-electron chi connectivity index (χ2n) is 8.63. The summed E-state index contributed by atoms with van der Waals surface area (Å²) < 4.78 is 30.9. The lowest BCUT2D eigenvalue weighted by atomic mass is 10.1. The summed E-state index contributed by atoms with van der Waals surface area (Å²) in [6.07, 6.45) is 3.50. The van der Waals surface area contributed by atoms with Crippen LogP contribution in [0.1, 0.15) is 49.9 Å². The summed E-state index contributed by atoms with van der Waals surface area (Å²) in [4.78, 5) is 18.1. The van der Waals surface area contributed by atoms with E-state index in [0.29, 0.717) is 23.5 Å². The number of nitrogens with zero attached hydrogens (tertiary/aromatic N) is 3. The minimum atomic E-state index is -3.60. The number of benzene rings is 3. The normalized spacial score (nSPS) is 12.7. The SMILES string of the molecule is CCCCN(CCCC)S(=O)(=O)c1ccc(C(=O)N=c2sc3ccc4ccccc4c3n2C)cc1. The third-order valence-corrected chi connectivity index (χ3v) is 9.16. The van der Waals surface area contributed by atoms with Crippen molar-refractivity contribution in [3.05, 3.63) is 71.0 Å². The molecule has 0 spiro atoms. The number of aryl methyl sites for hydroxylation is 1. The minimum Gasteiger partial charge on any atom is -0.319 e. The third kappa shape index (κ3) is 5.24. The van der Waals surface area contributed by atoms with Crippen LogP contribution >= 0.6 is 11.3 Å². The van der Waals surface area contributed by atoms with Gasteiger partial charge in [0.2, 0.25) is 10.0 Å². The largest absolute Gasteiger partial charge is 0.319 e. The van der Waals surface area contributed by atoms with Crippen LogP contribution in [-0.4, -0.2) is 36.3 Å². The number of rotatable bonds is 9. The summed E-state index contributed by atoms with van der Waals surface area (Å²) in [6.45, 7) is 5.11. The molecule has 0 aliphatic rings. The maximum Gasteiger partial charge on any atom is 0.279 e. The summed E-state index contributed by atoms with van der Waals surface area (Å²) in [5.41, 5.74) is 1.40. The molecule has 0 saturated heterocycles. The van der Waals surface area contributed by atoms with Gasteiger partial charge < -0.3 is 4.57 Å². The number of carbonyl (C=O) groups is 1. The van der Waals surface area contributed by atoms with Gasteiger partial charge in [-0.3, -0.25) is 4.79 Å². The zero-order chi connectivity index (χ0) is 25.0. The van der Waals surface area contributed by atoms with Crippen molar-refractivity contribution in [2.45, 2.75) is 44.4 Å². The third-order valence-electron chi connectivity index (χ3n) is 6.15. The second kappa shape index (κ2) is 10.8. The molecule has 0 unspecified atom stereocenters. The lowest BCUT2D eigenvalue weighted by Gasteiger charge is -2.22. The first-order chi connectivity index (χ1) is 16.9. The van der Waals surface area contributed by atoms with Crippen LogP contribution in [0.4, 0.5) is 0 Å². The van der Waals surface area contributed by atoms with Crippen molar-refractivity contribution in [3.8, 4) is 0 Å². The van der Waals surface area contributed by atoms with Crippen molar-refractivity contribution in [2.24, 2.45) is 12.0 Å². The van der Waals surface area contributed by atoms with Gasteiger partial charge in [0.05, 0.1) is 15.1 Å². The zero-order valence-corrected chi connectivity index (χ0v) is 22.0. The molecular formula is C27H31N3O3S2. The molecule has 35 heavy (non-hydrogen) atoms. The van der Waals surface area contributed by atoms with Crippen molar-refractivity contribution < 1.29 is 13.2 Å². The standard InChI is InChI=1S/C27H31N3O3S2/c1-4-6-18-30(19-7-5-2)35(32,33)22-15-12-21(13-16-22)26(31)28-27-29(3)25-23-11-9-8-10-20(23)14-17-24(25)34-27/h8-17H,4-7,18-19H2,1-3H3. The summed E-state index contributed by atoms with van der Waals surface area (Å²) in [5.74, 6) is -0.394. The van der Waals surface area contributed by atoms with Gasteiger partial charge in [0.15, 0.2) is 4.80 Å². The fourth-order valence-corrected chi connectivity index (χ4v) is 6.66. The number of hydrogen-bond donors (Lipinski definition) is 0. The monoisotopic (exact) mass is 509 g/mol. The molecule has 0 aliphatic heterocycles. The summed E-state index contributed by atoms with van der Waals surface area (Å²) in [5, 5.41) is 2.25. The highest BCUT2D eigenvalue weighted by atomic mass is 32.2. The molecule has 1 heterocycles. The van der Waals surface area contributed by atoms with Crippen LogP contribution < -0.4 is 4.80 Å². The van der Waals surface area contributed by atoms with Crippen LogP contribution in [0.15, 0.2) is 70.6 Å². The Morgan fingerprint density at radius 2 is 1.60 bits per heavy atom. The number of fused-ring (bicyclic) bond motifs is 3. The molecule has 8 heteroatoms. The van der Waals surface area contributed by atoms with Gasteiger partial charge >= 0.3 is 0 Å². The van der Waals surface area contributed by atoms with E-state index < -0.39 is 15.9 Å². The quantitative estimate of drug-likeness (QED) is 0.289. The Bertz CT molecular complexity index is 1510. The highest BCUT2D eigenvalue weighted by molar-refractivity contribution is 7.89. The molecule has 4 aromatic rings. The van der Waals surface area contributed by atoms with Gasteiger partial charge in [-0.25, -0.2) is 8.42 Å². The van der Waals surface area contributed by atoms with Gasteiger partial charge in [-0.15, -0.1) is 0 Å². The second-order valence-corrected chi connectivity index (χ2v) is 11.6. The number of unbranched alkanes of at least 4 members (excludes halogenated alkanes) is 2. The van der Waals surface area contributed by atoms with E-state index in [2.05, 4.69) is 23.2 Å². The van der Waals surface area contributed by atoms with Gasteiger partial charge in [-0.05, 0) is 48.6 Å². The van der Waals surface area contributed by atoms with Gasteiger partial charge in [0, 0.05) is 31.1 Å².